The van der Waals surface area contributed by atoms with Crippen molar-refractivity contribution in [2.45, 2.75) is 6.92 Å². The van der Waals surface area contributed by atoms with E-state index in [4.69, 9.17) is 9.15 Å². The fourth-order valence-electron chi connectivity index (χ4n) is 1.17. The van der Waals surface area contributed by atoms with Gasteiger partial charge >= 0.3 is 0 Å². The molecule has 0 radical (unpaired) electrons. The van der Waals surface area contributed by atoms with Gasteiger partial charge in [-0.1, -0.05) is 11.3 Å². The van der Waals surface area contributed by atoms with Crippen LogP contribution >= 0.6 is 11.3 Å². The van der Waals surface area contributed by atoms with Gasteiger partial charge in [-0.25, -0.2) is 0 Å². The number of rotatable bonds is 3. The van der Waals surface area contributed by atoms with E-state index in [1.54, 1.807) is 6.92 Å². The average molecular weight is 267 g/mol. The predicted octanol–water partition coefficient (Wildman–Crippen LogP) is 1.06. The summed E-state index contributed by atoms with van der Waals surface area (Å²) in [6.45, 7) is 1.76. The standard InChI is InChI=1S/C10H9N3O4S/c1-5-12-13-10(18-5)11-9(15)7-3-6(14)8(16-2)4-17-7/h3-4H,1-2H3,(H,11,13,15). The van der Waals surface area contributed by atoms with Gasteiger partial charge in [0.2, 0.25) is 16.3 Å². The van der Waals surface area contributed by atoms with E-state index in [1.165, 1.54) is 18.4 Å². The van der Waals surface area contributed by atoms with Crippen LogP contribution in [0.1, 0.15) is 15.6 Å². The van der Waals surface area contributed by atoms with Gasteiger partial charge in [-0.3, -0.25) is 14.9 Å². The Morgan fingerprint density at radius 2 is 2.28 bits per heavy atom. The second-order valence-corrected chi connectivity index (χ2v) is 4.44. The molecule has 2 aromatic heterocycles. The molecule has 0 aliphatic rings. The van der Waals surface area contributed by atoms with E-state index in [1.807, 2.05) is 0 Å². The lowest BCUT2D eigenvalue weighted by molar-refractivity contribution is 0.0993. The highest BCUT2D eigenvalue weighted by molar-refractivity contribution is 7.15. The van der Waals surface area contributed by atoms with Crippen molar-refractivity contribution in [3.05, 3.63) is 33.3 Å². The van der Waals surface area contributed by atoms with Crippen LogP contribution < -0.4 is 15.5 Å². The van der Waals surface area contributed by atoms with Gasteiger partial charge in [-0.2, -0.15) is 0 Å². The molecule has 0 unspecified atom stereocenters. The summed E-state index contributed by atoms with van der Waals surface area (Å²) >= 11 is 1.22. The number of nitrogens with zero attached hydrogens (tertiary/aromatic N) is 2. The van der Waals surface area contributed by atoms with Gasteiger partial charge in [0.15, 0.2) is 5.76 Å². The Hall–Kier alpha value is -2.22. The van der Waals surface area contributed by atoms with Crippen molar-refractivity contribution in [3.63, 3.8) is 0 Å². The number of carbonyl (C=O) groups excluding carboxylic acids is 1. The zero-order valence-electron chi connectivity index (χ0n) is 9.59. The second-order valence-electron chi connectivity index (χ2n) is 3.26. The number of amides is 1. The van der Waals surface area contributed by atoms with Crippen molar-refractivity contribution < 1.29 is 13.9 Å². The molecule has 8 heteroatoms. The van der Waals surface area contributed by atoms with E-state index in [0.29, 0.717) is 5.13 Å². The predicted molar refractivity (Wildman–Crippen MR) is 64.1 cm³/mol. The first kappa shape index (κ1) is 12.2. The lowest BCUT2D eigenvalue weighted by Gasteiger charge is -2.01. The number of nitrogens with one attached hydrogen (secondary N) is 1. The summed E-state index contributed by atoms with van der Waals surface area (Å²) in [6, 6.07) is 1.06. The summed E-state index contributed by atoms with van der Waals surface area (Å²) in [6.07, 6.45) is 1.09. The Morgan fingerprint density at radius 1 is 1.50 bits per heavy atom. The summed E-state index contributed by atoms with van der Waals surface area (Å²) in [4.78, 5) is 23.2. The zero-order valence-corrected chi connectivity index (χ0v) is 10.4. The van der Waals surface area contributed by atoms with Crippen LogP contribution in [0.3, 0.4) is 0 Å². The van der Waals surface area contributed by atoms with Gasteiger partial charge in [-0.05, 0) is 6.92 Å². The highest BCUT2D eigenvalue weighted by atomic mass is 32.1. The SMILES string of the molecule is COc1coc(C(=O)Nc2nnc(C)s2)cc1=O. The van der Waals surface area contributed by atoms with E-state index in [9.17, 15) is 9.59 Å². The number of methoxy groups -OCH3 is 1. The number of hydrogen-bond acceptors (Lipinski definition) is 7. The van der Waals surface area contributed by atoms with E-state index in [-0.39, 0.29) is 11.5 Å². The third-order valence-corrected chi connectivity index (χ3v) is 2.74. The average Bonchev–Trinajstić information content (AvgIpc) is 2.74. The molecule has 2 aromatic rings. The molecule has 0 spiro atoms. The first-order valence-electron chi connectivity index (χ1n) is 4.88. The summed E-state index contributed by atoms with van der Waals surface area (Å²) in [5.41, 5.74) is -0.428. The number of ether oxygens (including phenoxy) is 1. The Balaban J connectivity index is 2.19. The molecule has 0 bridgehead atoms. The maximum Gasteiger partial charge on any atom is 0.293 e. The molecule has 18 heavy (non-hydrogen) atoms. The van der Waals surface area contributed by atoms with Crippen LogP contribution in [0.15, 0.2) is 21.5 Å². The molecule has 1 amide bonds. The summed E-state index contributed by atoms with van der Waals surface area (Å²) in [7, 11) is 1.34. The molecule has 0 aliphatic carbocycles. The van der Waals surface area contributed by atoms with Crippen molar-refractivity contribution in [2.24, 2.45) is 0 Å². The molecular weight excluding hydrogens is 258 g/mol. The van der Waals surface area contributed by atoms with Crippen LogP contribution in [0.25, 0.3) is 0 Å². The van der Waals surface area contributed by atoms with Crippen LogP contribution in [0.4, 0.5) is 5.13 Å². The molecule has 0 aromatic carbocycles. The third kappa shape index (κ3) is 2.54. The van der Waals surface area contributed by atoms with Gasteiger partial charge in [0.25, 0.3) is 5.91 Å². The van der Waals surface area contributed by atoms with Crippen LogP contribution in [0.2, 0.25) is 0 Å². The molecule has 94 valence electrons. The Labute approximate surface area is 105 Å². The highest BCUT2D eigenvalue weighted by Gasteiger charge is 2.13. The van der Waals surface area contributed by atoms with Crippen LogP contribution in [-0.4, -0.2) is 23.2 Å². The van der Waals surface area contributed by atoms with Gasteiger partial charge in [0.1, 0.15) is 11.3 Å². The molecule has 0 fully saturated rings. The Bertz CT molecular complexity index is 634. The molecule has 0 saturated carbocycles. The van der Waals surface area contributed by atoms with Crippen LogP contribution in [0, 0.1) is 6.92 Å². The van der Waals surface area contributed by atoms with Crippen molar-refractivity contribution in [3.8, 4) is 5.75 Å². The fourth-order valence-corrected chi connectivity index (χ4v) is 1.76. The Kier molecular flexibility index (Phi) is 3.38. The number of aryl methyl sites for hydroxylation is 1. The Morgan fingerprint density at radius 3 is 2.83 bits per heavy atom. The molecule has 2 heterocycles. The molecule has 0 saturated heterocycles. The van der Waals surface area contributed by atoms with Gasteiger partial charge in [0.05, 0.1) is 7.11 Å². The van der Waals surface area contributed by atoms with Crippen LogP contribution in [-0.2, 0) is 0 Å². The molecule has 2 rings (SSSR count). The van der Waals surface area contributed by atoms with Crippen molar-refractivity contribution in [1.82, 2.24) is 10.2 Å². The summed E-state index contributed by atoms with van der Waals surface area (Å²) < 4.78 is 9.73. The largest absolute Gasteiger partial charge is 0.490 e. The zero-order chi connectivity index (χ0) is 13.1. The first-order valence-corrected chi connectivity index (χ1v) is 5.70. The monoisotopic (exact) mass is 267 g/mol. The van der Waals surface area contributed by atoms with E-state index >= 15 is 0 Å². The van der Waals surface area contributed by atoms with E-state index < -0.39 is 11.3 Å². The minimum atomic E-state index is -0.564. The number of anilines is 1. The maximum absolute atomic E-state index is 11.7. The minimum absolute atomic E-state index is 0.0401. The van der Waals surface area contributed by atoms with E-state index in [0.717, 1.165) is 17.3 Å². The number of aromatic nitrogens is 2. The molecule has 0 atom stereocenters. The quantitative estimate of drug-likeness (QED) is 0.893. The fraction of sp³-hybridized carbons (Fsp3) is 0.200. The first-order chi connectivity index (χ1) is 8.60. The topological polar surface area (TPSA) is 94.3 Å². The third-order valence-electron chi connectivity index (χ3n) is 1.99. The molecule has 1 N–H and O–H groups in total. The smallest absolute Gasteiger partial charge is 0.293 e. The molecule has 0 aliphatic heterocycles. The van der Waals surface area contributed by atoms with Crippen molar-refractivity contribution >= 4 is 22.4 Å². The van der Waals surface area contributed by atoms with Crippen molar-refractivity contribution in [2.75, 3.05) is 12.4 Å². The van der Waals surface area contributed by atoms with Gasteiger partial charge < -0.3 is 9.15 Å². The molecule has 7 nitrogen and oxygen atoms in total. The summed E-state index contributed by atoms with van der Waals surface area (Å²) in [5.74, 6) is -0.641. The highest BCUT2D eigenvalue weighted by Crippen LogP contribution is 2.15. The van der Waals surface area contributed by atoms with Gasteiger partial charge in [-0.15, -0.1) is 10.2 Å². The van der Waals surface area contributed by atoms with Crippen LogP contribution in [0.5, 0.6) is 5.75 Å². The number of hydrogen-bond donors (Lipinski definition) is 1. The minimum Gasteiger partial charge on any atom is -0.490 e. The summed E-state index contributed by atoms with van der Waals surface area (Å²) in [5, 5.41) is 11.0. The number of carbonyl (C=O) groups is 1. The van der Waals surface area contributed by atoms with Gasteiger partial charge in [0, 0.05) is 6.07 Å². The second kappa shape index (κ2) is 4.96. The molecular formula is C10H9N3O4S. The lowest BCUT2D eigenvalue weighted by atomic mass is 10.3. The van der Waals surface area contributed by atoms with E-state index in [2.05, 4.69) is 15.5 Å². The van der Waals surface area contributed by atoms with Crippen molar-refractivity contribution in [1.29, 1.82) is 0 Å². The maximum atomic E-state index is 11.7. The normalized spacial score (nSPS) is 10.1. The lowest BCUT2D eigenvalue weighted by Crippen LogP contribution is -2.15.